The Bertz CT molecular complexity index is 859. The molecule has 0 aromatic heterocycles. The number of para-hydroxylation sites is 2. The summed E-state index contributed by atoms with van der Waals surface area (Å²) in [6, 6.07) is 10.2. The Balaban J connectivity index is 2.06. The molecule has 0 heterocycles. The van der Waals surface area contributed by atoms with Crippen LogP contribution in [-0.4, -0.2) is 38.3 Å². The van der Waals surface area contributed by atoms with Crippen LogP contribution in [0, 0.1) is 0 Å². The van der Waals surface area contributed by atoms with E-state index in [2.05, 4.69) is 10.1 Å². The zero-order chi connectivity index (χ0) is 21.4. The highest BCUT2D eigenvalue weighted by atomic mass is 19.3. The first kappa shape index (κ1) is 21.9. The molecule has 156 valence electrons. The Kier molecular flexibility index (Phi) is 7.76. The number of methoxy groups -OCH3 is 1. The molecule has 9 heteroatoms. The SMILES string of the molecule is CCOc1cc(C(=O)OC(C)C(=O)Nc2ccccc2OC(F)F)ccc1OC. The lowest BCUT2D eigenvalue weighted by molar-refractivity contribution is -0.123. The number of esters is 1. The van der Waals surface area contributed by atoms with Crippen LogP contribution in [-0.2, 0) is 9.53 Å². The van der Waals surface area contributed by atoms with Crippen molar-refractivity contribution in [3.05, 3.63) is 48.0 Å². The minimum Gasteiger partial charge on any atom is -0.493 e. The fraction of sp³-hybridized carbons (Fsp3) is 0.300. The molecule has 2 rings (SSSR count). The number of amides is 1. The second kappa shape index (κ2) is 10.3. The molecule has 1 unspecified atom stereocenters. The number of anilines is 1. The number of rotatable bonds is 9. The highest BCUT2D eigenvalue weighted by Gasteiger charge is 2.21. The van der Waals surface area contributed by atoms with E-state index in [9.17, 15) is 18.4 Å². The topological polar surface area (TPSA) is 83.1 Å². The molecule has 1 N–H and O–H groups in total. The number of hydrogen-bond donors (Lipinski definition) is 1. The van der Waals surface area contributed by atoms with Gasteiger partial charge in [0.1, 0.15) is 5.75 Å². The number of carbonyl (C=O) groups excluding carboxylic acids is 2. The third-order valence-corrected chi connectivity index (χ3v) is 3.71. The van der Waals surface area contributed by atoms with E-state index in [-0.39, 0.29) is 17.0 Å². The lowest BCUT2D eigenvalue weighted by atomic mass is 10.2. The Labute approximate surface area is 166 Å². The third kappa shape index (κ3) is 6.06. The van der Waals surface area contributed by atoms with Crippen LogP contribution in [0.3, 0.4) is 0 Å². The lowest BCUT2D eigenvalue weighted by Gasteiger charge is -2.16. The van der Waals surface area contributed by atoms with Gasteiger partial charge in [0.25, 0.3) is 5.91 Å². The number of benzene rings is 2. The number of halogens is 2. The van der Waals surface area contributed by atoms with Crippen molar-refractivity contribution < 1.29 is 37.3 Å². The van der Waals surface area contributed by atoms with E-state index >= 15 is 0 Å². The molecular formula is C20H21F2NO6. The van der Waals surface area contributed by atoms with Crippen LogP contribution in [0.5, 0.6) is 17.2 Å². The third-order valence-electron chi connectivity index (χ3n) is 3.71. The standard InChI is InChI=1S/C20H21F2NO6/c1-4-27-17-11-13(9-10-16(17)26-3)19(25)28-12(2)18(24)23-14-7-5-6-8-15(14)29-20(21)22/h5-12,20H,4H2,1-3H3,(H,23,24). The van der Waals surface area contributed by atoms with E-state index in [1.807, 2.05) is 0 Å². The maximum absolute atomic E-state index is 12.5. The highest BCUT2D eigenvalue weighted by molar-refractivity contribution is 5.98. The van der Waals surface area contributed by atoms with Gasteiger partial charge in [0, 0.05) is 0 Å². The molecule has 0 bridgehead atoms. The van der Waals surface area contributed by atoms with Crippen LogP contribution < -0.4 is 19.5 Å². The second-order valence-corrected chi connectivity index (χ2v) is 5.71. The molecule has 0 saturated heterocycles. The molecule has 0 saturated carbocycles. The summed E-state index contributed by atoms with van der Waals surface area (Å²) >= 11 is 0. The minimum absolute atomic E-state index is 0.0313. The molecule has 7 nitrogen and oxygen atoms in total. The van der Waals surface area contributed by atoms with Gasteiger partial charge in [0.15, 0.2) is 17.6 Å². The first-order valence-corrected chi connectivity index (χ1v) is 8.72. The van der Waals surface area contributed by atoms with Gasteiger partial charge in [-0.25, -0.2) is 4.79 Å². The van der Waals surface area contributed by atoms with Gasteiger partial charge in [-0.3, -0.25) is 4.79 Å². The summed E-state index contributed by atoms with van der Waals surface area (Å²) in [5.41, 5.74) is 0.194. The molecule has 1 amide bonds. The number of hydrogen-bond acceptors (Lipinski definition) is 6. The molecule has 0 aliphatic carbocycles. The van der Waals surface area contributed by atoms with Crippen molar-refractivity contribution in [1.29, 1.82) is 0 Å². The summed E-state index contributed by atoms with van der Waals surface area (Å²) in [7, 11) is 1.47. The van der Waals surface area contributed by atoms with E-state index in [4.69, 9.17) is 14.2 Å². The molecule has 1 atom stereocenters. The average Bonchev–Trinajstić information content (AvgIpc) is 2.69. The van der Waals surface area contributed by atoms with Crippen LogP contribution in [0.25, 0.3) is 0 Å². The molecule has 0 aliphatic heterocycles. The van der Waals surface area contributed by atoms with Gasteiger partial charge in [0.2, 0.25) is 0 Å². The van der Waals surface area contributed by atoms with E-state index in [1.54, 1.807) is 13.0 Å². The van der Waals surface area contributed by atoms with Crippen molar-refractivity contribution in [2.75, 3.05) is 19.0 Å². The van der Waals surface area contributed by atoms with Gasteiger partial charge in [-0.05, 0) is 44.2 Å². The monoisotopic (exact) mass is 409 g/mol. The fourth-order valence-electron chi connectivity index (χ4n) is 2.36. The quantitative estimate of drug-likeness (QED) is 0.633. The van der Waals surface area contributed by atoms with Crippen molar-refractivity contribution in [2.24, 2.45) is 0 Å². The van der Waals surface area contributed by atoms with Crippen molar-refractivity contribution in [3.8, 4) is 17.2 Å². The predicted molar refractivity (Wildman–Crippen MR) is 101 cm³/mol. The zero-order valence-corrected chi connectivity index (χ0v) is 16.1. The second-order valence-electron chi connectivity index (χ2n) is 5.71. The number of nitrogens with one attached hydrogen (secondary N) is 1. The normalized spacial score (nSPS) is 11.5. The maximum atomic E-state index is 12.5. The predicted octanol–water partition coefficient (Wildman–Crippen LogP) is 3.88. The number of ether oxygens (including phenoxy) is 4. The lowest BCUT2D eigenvalue weighted by Crippen LogP contribution is -2.30. The maximum Gasteiger partial charge on any atom is 0.387 e. The van der Waals surface area contributed by atoms with Crippen molar-refractivity contribution in [2.45, 2.75) is 26.6 Å². The molecule has 0 aliphatic rings. The Morgan fingerprint density at radius 1 is 1.07 bits per heavy atom. The molecule has 0 radical (unpaired) electrons. The van der Waals surface area contributed by atoms with Crippen LogP contribution in [0.4, 0.5) is 14.5 Å². The van der Waals surface area contributed by atoms with Gasteiger partial charge < -0.3 is 24.3 Å². The van der Waals surface area contributed by atoms with Crippen LogP contribution >= 0.6 is 0 Å². The van der Waals surface area contributed by atoms with Crippen LogP contribution in [0.2, 0.25) is 0 Å². The molecule has 29 heavy (non-hydrogen) atoms. The van der Waals surface area contributed by atoms with E-state index in [0.717, 1.165) is 0 Å². The van der Waals surface area contributed by atoms with Gasteiger partial charge in [-0.1, -0.05) is 12.1 Å². The van der Waals surface area contributed by atoms with Crippen molar-refractivity contribution >= 4 is 17.6 Å². The number of alkyl halides is 2. The summed E-state index contributed by atoms with van der Waals surface area (Å²) in [5, 5.41) is 2.40. The van der Waals surface area contributed by atoms with Gasteiger partial charge >= 0.3 is 12.6 Å². The molecule has 2 aromatic carbocycles. The largest absolute Gasteiger partial charge is 0.493 e. The summed E-state index contributed by atoms with van der Waals surface area (Å²) in [6.07, 6.45) is -1.19. The van der Waals surface area contributed by atoms with Crippen LogP contribution in [0.15, 0.2) is 42.5 Å². The Morgan fingerprint density at radius 3 is 2.45 bits per heavy atom. The molecule has 0 fully saturated rings. The van der Waals surface area contributed by atoms with E-state index < -0.39 is 24.6 Å². The van der Waals surface area contributed by atoms with Crippen molar-refractivity contribution in [1.82, 2.24) is 0 Å². The Morgan fingerprint density at radius 2 is 1.79 bits per heavy atom. The zero-order valence-electron chi connectivity index (χ0n) is 16.1. The minimum atomic E-state index is -3.04. The fourth-order valence-corrected chi connectivity index (χ4v) is 2.36. The summed E-state index contributed by atoms with van der Waals surface area (Å²) in [6.45, 7) is 0.467. The van der Waals surface area contributed by atoms with Crippen LogP contribution in [0.1, 0.15) is 24.2 Å². The van der Waals surface area contributed by atoms with Crippen molar-refractivity contribution in [3.63, 3.8) is 0 Å². The molecule has 2 aromatic rings. The Hall–Kier alpha value is -3.36. The van der Waals surface area contributed by atoms with E-state index in [0.29, 0.717) is 18.1 Å². The molecular weight excluding hydrogens is 388 g/mol. The number of carbonyl (C=O) groups is 2. The highest BCUT2D eigenvalue weighted by Crippen LogP contribution is 2.29. The first-order valence-electron chi connectivity index (χ1n) is 8.72. The smallest absolute Gasteiger partial charge is 0.387 e. The summed E-state index contributed by atoms with van der Waals surface area (Å²) in [4.78, 5) is 24.7. The molecule has 0 spiro atoms. The summed E-state index contributed by atoms with van der Waals surface area (Å²) in [5.74, 6) is -0.856. The van der Waals surface area contributed by atoms with E-state index in [1.165, 1.54) is 50.4 Å². The first-order chi connectivity index (χ1) is 13.8. The average molecular weight is 409 g/mol. The van der Waals surface area contributed by atoms with Gasteiger partial charge in [0.05, 0.1) is 25.0 Å². The van der Waals surface area contributed by atoms with Gasteiger partial charge in [-0.15, -0.1) is 0 Å². The van der Waals surface area contributed by atoms with Gasteiger partial charge in [-0.2, -0.15) is 8.78 Å². The summed E-state index contributed by atoms with van der Waals surface area (Å²) < 4.78 is 45.0.